The lowest BCUT2D eigenvalue weighted by Crippen LogP contribution is -2.56. The van der Waals surface area contributed by atoms with Crippen molar-refractivity contribution in [1.29, 1.82) is 0 Å². The smallest absolute Gasteiger partial charge is 0.407 e. The summed E-state index contributed by atoms with van der Waals surface area (Å²) in [5, 5.41) is 5.16. The second-order valence-electron chi connectivity index (χ2n) is 18.0. The fourth-order valence-corrected chi connectivity index (χ4v) is 11.1. The molecule has 9 rings (SSSR count). The molecule has 0 spiro atoms. The monoisotopic (exact) mass is 920 g/mol. The van der Waals surface area contributed by atoms with Crippen LogP contribution in [0.1, 0.15) is 87.2 Å². The molecule has 2 aromatic carbocycles. The zero-order chi connectivity index (χ0) is 47.0. The zero-order valence-electron chi connectivity index (χ0n) is 37.2. The van der Waals surface area contributed by atoms with E-state index in [-0.39, 0.29) is 58.0 Å². The van der Waals surface area contributed by atoms with Gasteiger partial charge in [0.2, 0.25) is 11.8 Å². The molecule has 20 heteroatoms. The number of fused-ring (bicyclic) bond motifs is 7. The predicted octanol–water partition coefficient (Wildman–Crippen LogP) is 6.95. The van der Waals surface area contributed by atoms with E-state index in [1.54, 1.807) is 35.8 Å². The lowest BCUT2D eigenvalue weighted by Gasteiger charge is -2.37. The van der Waals surface area contributed by atoms with Gasteiger partial charge in [0.05, 0.1) is 62.3 Å². The largest absolute Gasteiger partial charge is 0.453 e. The number of hydrogen-bond acceptors (Lipinski definition) is 10. The molecule has 4 amide bonds. The van der Waals surface area contributed by atoms with Crippen LogP contribution >= 0.6 is 0 Å². The van der Waals surface area contributed by atoms with Crippen LogP contribution in [0.4, 0.5) is 27.2 Å². The Morgan fingerprint density at radius 3 is 1.41 bits per heavy atom. The first-order chi connectivity index (χ1) is 31.5. The number of methoxy groups -OCH3 is 4. The number of nitrogens with one attached hydrogen (secondary N) is 4. The number of ether oxygens (including phenoxy) is 4. The van der Waals surface area contributed by atoms with Crippen molar-refractivity contribution in [3.05, 3.63) is 71.6 Å². The Labute approximate surface area is 377 Å². The predicted molar refractivity (Wildman–Crippen MR) is 228 cm³/mol. The second kappa shape index (κ2) is 17.0. The lowest BCUT2D eigenvalue weighted by molar-refractivity contribution is -0.225. The highest BCUT2D eigenvalue weighted by Crippen LogP contribution is 2.59. The maximum Gasteiger partial charge on any atom is 0.407 e. The summed E-state index contributed by atoms with van der Waals surface area (Å²) < 4.78 is 85.8. The standard InChI is InChI=1S/C46H52F4N8O8/c1-21(63-3)35(55-43(61)65-5)41(59)57-27-11-7-25(15-27)37(57)39-51-19-33(53-39)23-9-13-29-30-14-10-24(18-32(30)46(49,50)45(47,48)31(29)17-23)34-20-52-40(54-34)38-26-8-12-28(16-26)58(38)42(60)36(22(2)64-4)56-44(62)66-6/h9-10,13-14,17-22,25-28,35-38H,7-8,11-12,15-16H2,1-6H3,(H,51,53)(H,52,54)(H,55,61)(H,56,62)/t21-,22-,25+,26+,27-,28-,35+,36+,37+,38+/m1/s1. The summed E-state index contributed by atoms with van der Waals surface area (Å²) in [6, 6.07) is 4.63. The third-order valence-electron chi connectivity index (χ3n) is 14.6. The number of imidazole rings is 2. The number of benzene rings is 2. The van der Waals surface area contributed by atoms with E-state index in [0.717, 1.165) is 37.8 Å². The molecule has 4 N–H and O–H groups in total. The van der Waals surface area contributed by atoms with Crippen LogP contribution in [0.3, 0.4) is 0 Å². The minimum Gasteiger partial charge on any atom is -0.453 e. The molecule has 0 radical (unpaired) electrons. The van der Waals surface area contributed by atoms with E-state index in [2.05, 4.69) is 30.6 Å². The fraction of sp³-hybridized carbons (Fsp3) is 0.522. The molecular formula is C46H52F4N8O8. The highest BCUT2D eigenvalue weighted by Gasteiger charge is 2.63. The number of rotatable bonds is 12. The van der Waals surface area contributed by atoms with Crippen molar-refractivity contribution in [2.24, 2.45) is 11.8 Å². The fourth-order valence-electron chi connectivity index (χ4n) is 11.1. The number of nitrogens with zero attached hydrogens (tertiary/aromatic N) is 4. The summed E-state index contributed by atoms with van der Waals surface area (Å²) in [6.07, 6.45) is 4.46. The number of aromatic amines is 2. The first kappa shape index (κ1) is 45.1. The molecule has 66 heavy (non-hydrogen) atoms. The molecule has 5 aliphatic rings. The number of aromatic nitrogens is 4. The molecular weight excluding hydrogens is 869 g/mol. The van der Waals surface area contributed by atoms with E-state index in [0.29, 0.717) is 35.9 Å². The van der Waals surface area contributed by atoms with Crippen molar-refractivity contribution in [1.82, 2.24) is 40.4 Å². The maximum absolute atomic E-state index is 16.4. The molecule has 352 valence electrons. The average molecular weight is 921 g/mol. The summed E-state index contributed by atoms with van der Waals surface area (Å²) >= 11 is 0. The Morgan fingerprint density at radius 1 is 0.652 bits per heavy atom. The number of carbonyl (C=O) groups is 4. The van der Waals surface area contributed by atoms with Crippen LogP contribution < -0.4 is 10.6 Å². The van der Waals surface area contributed by atoms with Gasteiger partial charge in [-0.1, -0.05) is 24.3 Å². The molecule has 4 heterocycles. The molecule has 16 nitrogen and oxygen atoms in total. The highest BCUT2D eigenvalue weighted by atomic mass is 19.3. The summed E-state index contributed by atoms with van der Waals surface area (Å²) in [4.78, 5) is 71.5. The molecule has 2 aromatic heterocycles. The van der Waals surface area contributed by atoms with E-state index in [4.69, 9.17) is 18.9 Å². The third kappa shape index (κ3) is 7.26. The Hall–Kier alpha value is -6.02. The molecule has 4 bridgehead atoms. The Bertz CT molecular complexity index is 2380. The number of H-pyrrole nitrogens is 2. The van der Waals surface area contributed by atoms with Crippen molar-refractivity contribution < 1.29 is 55.7 Å². The van der Waals surface area contributed by atoms with Gasteiger partial charge < -0.3 is 49.3 Å². The first-order valence-electron chi connectivity index (χ1n) is 22.1. The van der Waals surface area contributed by atoms with Gasteiger partial charge in [0, 0.05) is 48.6 Å². The number of alkyl carbamates (subject to hydrolysis) is 2. The number of amides is 4. The van der Waals surface area contributed by atoms with Gasteiger partial charge in [-0.2, -0.15) is 17.6 Å². The van der Waals surface area contributed by atoms with Crippen LogP contribution in [-0.4, -0.2) is 119 Å². The van der Waals surface area contributed by atoms with Gasteiger partial charge >= 0.3 is 24.0 Å². The molecule has 2 aliphatic heterocycles. The van der Waals surface area contributed by atoms with Gasteiger partial charge in [0.25, 0.3) is 0 Å². The van der Waals surface area contributed by atoms with Crippen LogP contribution in [0.2, 0.25) is 0 Å². The highest BCUT2D eigenvalue weighted by molar-refractivity contribution is 5.88. The summed E-state index contributed by atoms with van der Waals surface area (Å²) in [7, 11) is 5.24. The number of halogens is 4. The number of carbonyl (C=O) groups excluding carboxylic acids is 4. The number of piperidine rings is 2. The van der Waals surface area contributed by atoms with E-state index >= 15 is 17.6 Å². The minimum absolute atomic E-state index is 0.0344. The van der Waals surface area contributed by atoms with E-state index in [9.17, 15) is 19.2 Å². The number of likely N-dealkylation sites (tertiary alicyclic amines) is 2. The van der Waals surface area contributed by atoms with Gasteiger partial charge in [-0.3, -0.25) is 9.59 Å². The average Bonchev–Trinajstić information content (AvgIpc) is 4.20. The summed E-state index contributed by atoms with van der Waals surface area (Å²) in [6.45, 7) is 3.31. The van der Waals surface area contributed by atoms with E-state index in [1.165, 1.54) is 53.0 Å². The molecule has 4 aromatic rings. The van der Waals surface area contributed by atoms with Crippen molar-refractivity contribution in [3.63, 3.8) is 0 Å². The molecule has 3 aliphatic carbocycles. The van der Waals surface area contributed by atoms with Gasteiger partial charge in [0.1, 0.15) is 23.7 Å². The van der Waals surface area contributed by atoms with Gasteiger partial charge in [-0.05, 0) is 87.5 Å². The third-order valence-corrected chi connectivity index (χ3v) is 14.6. The topological polar surface area (TPSA) is 193 Å². The number of hydrogen-bond donors (Lipinski definition) is 4. The Balaban J connectivity index is 0.992. The SMILES string of the molecule is COC(=O)N[C@H](C(=O)N1[C@@H]2CC[C@@H](C2)[C@H]1c1ncc(-c2ccc3c(c2)C(F)(F)C(F)(F)c2cc(-c4cnc([C@@H]5[C@H]6CC[C@H](C6)N5C(=O)[C@@H](NC(=O)OC)[C@@H](C)OC)[nH]4)ccc2-3)[nH]1)[C@@H](C)OC. The van der Waals surface area contributed by atoms with Gasteiger partial charge in [-0.25, -0.2) is 19.6 Å². The Kier molecular flexibility index (Phi) is 11.6. The Morgan fingerprint density at radius 2 is 1.05 bits per heavy atom. The van der Waals surface area contributed by atoms with Crippen LogP contribution in [0, 0.1) is 11.8 Å². The van der Waals surface area contributed by atoms with Crippen LogP contribution in [-0.2, 0) is 40.4 Å². The van der Waals surface area contributed by atoms with Crippen molar-refractivity contribution in [2.75, 3.05) is 28.4 Å². The van der Waals surface area contributed by atoms with Gasteiger partial charge in [0.15, 0.2) is 0 Å². The van der Waals surface area contributed by atoms with E-state index < -0.39 is 71.5 Å². The van der Waals surface area contributed by atoms with Crippen molar-refractivity contribution in [3.8, 4) is 33.6 Å². The quantitative estimate of drug-likeness (QED) is 0.108. The lowest BCUT2D eigenvalue weighted by atomic mass is 9.79. The van der Waals surface area contributed by atoms with E-state index in [1.807, 2.05) is 0 Å². The molecule has 2 saturated carbocycles. The second-order valence-corrected chi connectivity index (χ2v) is 18.0. The van der Waals surface area contributed by atoms with Gasteiger partial charge in [-0.15, -0.1) is 0 Å². The first-order valence-corrected chi connectivity index (χ1v) is 22.1. The van der Waals surface area contributed by atoms with Crippen LogP contribution in [0.15, 0.2) is 48.8 Å². The maximum atomic E-state index is 16.4. The van der Waals surface area contributed by atoms with Crippen LogP contribution in [0.5, 0.6) is 0 Å². The van der Waals surface area contributed by atoms with Crippen molar-refractivity contribution in [2.45, 2.75) is 113 Å². The number of alkyl halides is 4. The summed E-state index contributed by atoms with van der Waals surface area (Å²) in [5.74, 6) is -9.14. The molecule has 4 fully saturated rings. The zero-order valence-corrected chi connectivity index (χ0v) is 37.2. The molecule has 10 atom stereocenters. The normalized spacial score (nSPS) is 26.0. The van der Waals surface area contributed by atoms with Crippen LogP contribution in [0.25, 0.3) is 33.6 Å². The minimum atomic E-state index is -4.63. The van der Waals surface area contributed by atoms with Crippen molar-refractivity contribution >= 4 is 24.0 Å². The summed E-state index contributed by atoms with van der Waals surface area (Å²) in [5.41, 5.74) is -0.821. The molecule has 0 unspecified atom stereocenters. The molecule has 2 saturated heterocycles.